The van der Waals surface area contributed by atoms with E-state index in [1.807, 2.05) is 29.2 Å². The van der Waals surface area contributed by atoms with Crippen LogP contribution in [0, 0.1) is 5.82 Å². The molecular weight excluding hydrogens is 339 g/mol. The first-order chi connectivity index (χ1) is 12.2. The first-order valence-electron chi connectivity index (χ1n) is 8.21. The van der Waals surface area contributed by atoms with Crippen LogP contribution in [0.2, 0.25) is 0 Å². The standard InChI is InChI=1S/C19H21FN2O2S/c1-24-16-8-6-15(7-9-16)21-10-12-22(13-11-21)19(23)14-25-18-5-3-2-4-17(18)20/h2-9H,10-14H2,1H3. The summed E-state index contributed by atoms with van der Waals surface area (Å²) in [7, 11) is 1.65. The van der Waals surface area contributed by atoms with Gasteiger partial charge in [-0.2, -0.15) is 0 Å². The highest BCUT2D eigenvalue weighted by Gasteiger charge is 2.21. The number of halogens is 1. The largest absolute Gasteiger partial charge is 0.497 e. The summed E-state index contributed by atoms with van der Waals surface area (Å²) in [5.41, 5.74) is 1.13. The molecule has 0 aliphatic carbocycles. The van der Waals surface area contributed by atoms with E-state index >= 15 is 0 Å². The molecule has 0 unspecified atom stereocenters. The Morgan fingerprint density at radius 2 is 1.76 bits per heavy atom. The molecule has 0 radical (unpaired) electrons. The van der Waals surface area contributed by atoms with E-state index in [-0.39, 0.29) is 17.5 Å². The summed E-state index contributed by atoms with van der Waals surface area (Å²) in [5.74, 6) is 0.888. The predicted octanol–water partition coefficient (Wildman–Crippen LogP) is 3.28. The van der Waals surface area contributed by atoms with Crippen LogP contribution in [0.5, 0.6) is 5.75 Å². The van der Waals surface area contributed by atoms with E-state index in [0.717, 1.165) is 24.5 Å². The number of anilines is 1. The second-order valence-corrected chi connectivity index (χ2v) is 6.80. The Balaban J connectivity index is 1.49. The van der Waals surface area contributed by atoms with E-state index in [0.29, 0.717) is 18.0 Å². The maximum Gasteiger partial charge on any atom is 0.233 e. The molecule has 0 spiro atoms. The minimum atomic E-state index is -0.273. The molecule has 25 heavy (non-hydrogen) atoms. The third kappa shape index (κ3) is 4.45. The molecule has 4 nitrogen and oxygen atoms in total. The fourth-order valence-electron chi connectivity index (χ4n) is 2.80. The topological polar surface area (TPSA) is 32.8 Å². The lowest BCUT2D eigenvalue weighted by atomic mass is 10.2. The van der Waals surface area contributed by atoms with E-state index < -0.39 is 0 Å². The molecule has 132 valence electrons. The van der Waals surface area contributed by atoms with Crippen molar-refractivity contribution in [3.8, 4) is 5.75 Å². The minimum absolute atomic E-state index is 0.0580. The van der Waals surface area contributed by atoms with Crippen molar-refractivity contribution < 1.29 is 13.9 Å². The molecule has 6 heteroatoms. The summed E-state index contributed by atoms with van der Waals surface area (Å²) in [6.45, 7) is 2.95. The molecule has 1 aliphatic heterocycles. The number of amides is 1. The number of benzene rings is 2. The van der Waals surface area contributed by atoms with Crippen LogP contribution in [-0.2, 0) is 4.79 Å². The zero-order chi connectivity index (χ0) is 17.6. The van der Waals surface area contributed by atoms with Gasteiger partial charge in [0.25, 0.3) is 0 Å². The molecule has 1 fully saturated rings. The van der Waals surface area contributed by atoms with Crippen molar-refractivity contribution in [3.63, 3.8) is 0 Å². The number of piperazine rings is 1. The number of nitrogens with zero attached hydrogens (tertiary/aromatic N) is 2. The average molecular weight is 360 g/mol. The first kappa shape index (κ1) is 17.6. The molecule has 0 saturated carbocycles. The summed E-state index contributed by atoms with van der Waals surface area (Å²) < 4.78 is 18.8. The number of carbonyl (C=O) groups is 1. The maximum atomic E-state index is 13.6. The minimum Gasteiger partial charge on any atom is -0.497 e. The highest BCUT2D eigenvalue weighted by atomic mass is 32.2. The van der Waals surface area contributed by atoms with E-state index in [1.165, 1.54) is 17.8 Å². The van der Waals surface area contributed by atoms with Gasteiger partial charge in [-0.25, -0.2) is 4.39 Å². The van der Waals surface area contributed by atoms with Crippen molar-refractivity contribution in [3.05, 3.63) is 54.3 Å². The van der Waals surface area contributed by atoms with E-state index in [4.69, 9.17) is 4.74 Å². The Kier molecular flexibility index (Phi) is 5.81. The molecule has 3 rings (SSSR count). The molecule has 1 heterocycles. The second kappa shape index (κ2) is 8.25. The Morgan fingerprint density at radius 1 is 1.08 bits per heavy atom. The molecule has 0 aromatic heterocycles. The summed E-state index contributed by atoms with van der Waals surface area (Å²) in [6.07, 6.45) is 0. The van der Waals surface area contributed by atoms with Gasteiger partial charge in [0.05, 0.1) is 12.9 Å². The van der Waals surface area contributed by atoms with E-state index in [9.17, 15) is 9.18 Å². The zero-order valence-electron chi connectivity index (χ0n) is 14.2. The Morgan fingerprint density at radius 3 is 2.40 bits per heavy atom. The van der Waals surface area contributed by atoms with Crippen LogP contribution in [0.25, 0.3) is 0 Å². The molecule has 1 saturated heterocycles. The molecule has 0 atom stereocenters. The van der Waals surface area contributed by atoms with Crippen molar-refractivity contribution in [2.75, 3.05) is 43.9 Å². The van der Waals surface area contributed by atoms with Gasteiger partial charge < -0.3 is 14.5 Å². The fourth-order valence-corrected chi connectivity index (χ4v) is 3.64. The fraction of sp³-hybridized carbons (Fsp3) is 0.316. The van der Waals surface area contributed by atoms with Crippen molar-refractivity contribution >= 4 is 23.4 Å². The number of carbonyl (C=O) groups excluding carboxylic acids is 1. The number of thioether (sulfide) groups is 1. The van der Waals surface area contributed by atoms with Crippen molar-refractivity contribution in [2.45, 2.75) is 4.90 Å². The molecule has 0 N–H and O–H groups in total. The molecule has 2 aromatic rings. The third-order valence-corrected chi connectivity index (χ3v) is 5.29. The van der Waals surface area contributed by atoms with Gasteiger partial charge in [0.2, 0.25) is 5.91 Å². The van der Waals surface area contributed by atoms with E-state index in [1.54, 1.807) is 25.3 Å². The smallest absolute Gasteiger partial charge is 0.233 e. The van der Waals surface area contributed by atoms with Crippen LogP contribution in [0.4, 0.5) is 10.1 Å². The summed E-state index contributed by atoms with van der Waals surface area (Å²) in [5, 5.41) is 0. The van der Waals surface area contributed by atoms with Gasteiger partial charge in [-0.15, -0.1) is 11.8 Å². The zero-order valence-corrected chi connectivity index (χ0v) is 15.0. The van der Waals surface area contributed by atoms with Gasteiger partial charge in [0, 0.05) is 36.8 Å². The normalized spacial score (nSPS) is 14.5. The van der Waals surface area contributed by atoms with Crippen molar-refractivity contribution in [1.29, 1.82) is 0 Å². The van der Waals surface area contributed by atoms with Crippen LogP contribution < -0.4 is 9.64 Å². The number of hydrogen-bond acceptors (Lipinski definition) is 4. The maximum absolute atomic E-state index is 13.6. The lowest BCUT2D eigenvalue weighted by Crippen LogP contribution is -2.49. The third-order valence-electron chi connectivity index (χ3n) is 4.26. The summed E-state index contributed by atoms with van der Waals surface area (Å²) in [4.78, 5) is 17.0. The monoisotopic (exact) mass is 360 g/mol. The Labute approximate surface area is 151 Å². The number of rotatable bonds is 5. The summed E-state index contributed by atoms with van der Waals surface area (Å²) >= 11 is 1.26. The van der Waals surface area contributed by atoms with Gasteiger partial charge >= 0.3 is 0 Å². The van der Waals surface area contributed by atoms with E-state index in [2.05, 4.69) is 4.90 Å². The number of ether oxygens (including phenoxy) is 1. The van der Waals surface area contributed by atoms with Crippen LogP contribution in [-0.4, -0.2) is 49.8 Å². The highest BCUT2D eigenvalue weighted by molar-refractivity contribution is 8.00. The molecule has 0 bridgehead atoms. The van der Waals surface area contributed by atoms with Gasteiger partial charge in [-0.1, -0.05) is 12.1 Å². The Hall–Kier alpha value is -2.21. The SMILES string of the molecule is COc1ccc(N2CCN(C(=O)CSc3ccccc3F)CC2)cc1. The van der Waals surface area contributed by atoms with Crippen molar-refractivity contribution in [1.82, 2.24) is 4.90 Å². The van der Waals surface area contributed by atoms with Crippen LogP contribution >= 0.6 is 11.8 Å². The molecule has 1 amide bonds. The van der Waals surface area contributed by atoms with Crippen LogP contribution in [0.3, 0.4) is 0 Å². The predicted molar refractivity (Wildman–Crippen MR) is 98.9 cm³/mol. The quantitative estimate of drug-likeness (QED) is 0.766. The van der Waals surface area contributed by atoms with Gasteiger partial charge in [-0.05, 0) is 36.4 Å². The molecule has 2 aromatic carbocycles. The average Bonchev–Trinajstić information content (AvgIpc) is 2.67. The van der Waals surface area contributed by atoms with Gasteiger partial charge in [0.15, 0.2) is 0 Å². The van der Waals surface area contributed by atoms with Crippen LogP contribution in [0.15, 0.2) is 53.4 Å². The second-order valence-electron chi connectivity index (χ2n) is 5.78. The van der Waals surface area contributed by atoms with Crippen LogP contribution in [0.1, 0.15) is 0 Å². The van der Waals surface area contributed by atoms with Gasteiger partial charge in [0.1, 0.15) is 11.6 Å². The summed E-state index contributed by atoms with van der Waals surface area (Å²) in [6, 6.07) is 14.5. The molecule has 1 aliphatic rings. The first-order valence-corrected chi connectivity index (χ1v) is 9.20. The molecular formula is C19H21FN2O2S. The number of methoxy groups -OCH3 is 1. The number of hydrogen-bond donors (Lipinski definition) is 0. The Bertz CT molecular complexity index is 716. The lowest BCUT2D eigenvalue weighted by Gasteiger charge is -2.36. The lowest BCUT2D eigenvalue weighted by molar-refractivity contribution is -0.128. The van der Waals surface area contributed by atoms with Gasteiger partial charge in [-0.3, -0.25) is 4.79 Å². The van der Waals surface area contributed by atoms with Crippen molar-refractivity contribution in [2.24, 2.45) is 0 Å². The highest BCUT2D eigenvalue weighted by Crippen LogP contribution is 2.23.